The van der Waals surface area contributed by atoms with Crippen molar-refractivity contribution >= 4 is 51.7 Å². The molecule has 0 fully saturated rings. The Bertz CT molecular complexity index is 1380. The number of hydrogen-bond acceptors (Lipinski definition) is 5. The Labute approximate surface area is 217 Å². The molecule has 0 spiro atoms. The zero-order valence-electron chi connectivity index (χ0n) is 19.3. The number of thioether (sulfide) groups is 1. The van der Waals surface area contributed by atoms with Gasteiger partial charge in [0.15, 0.2) is 5.17 Å². The van der Waals surface area contributed by atoms with Gasteiger partial charge in [0.1, 0.15) is 11.1 Å². The number of nitrogens with zero attached hydrogens (tertiary/aromatic N) is 3. The number of hydrazone groups is 1. The van der Waals surface area contributed by atoms with Crippen molar-refractivity contribution in [1.29, 1.82) is 0 Å². The van der Waals surface area contributed by atoms with Gasteiger partial charge < -0.3 is 5.32 Å². The number of nitrogens with one attached hydrogen (secondary N) is 1. The van der Waals surface area contributed by atoms with Crippen molar-refractivity contribution in [3.05, 3.63) is 100 Å². The smallest absolute Gasteiger partial charge is 0.262 e. The van der Waals surface area contributed by atoms with Crippen LogP contribution in [0.2, 0.25) is 5.02 Å². The van der Waals surface area contributed by atoms with Crippen LogP contribution in [-0.4, -0.2) is 33.0 Å². The molecule has 2 aliphatic rings. The SMILES string of the molecule is Cc1ccc(C2=NN(C3=NC(=O)[C@@H](CC(=O)Nc4cccc(Cl)c4)S3)[C@H](c3ccc(F)cc3)C2)cc1. The Kier molecular flexibility index (Phi) is 6.89. The average Bonchev–Trinajstić information content (AvgIpc) is 3.44. The molecule has 0 aromatic heterocycles. The van der Waals surface area contributed by atoms with E-state index in [1.165, 1.54) is 23.9 Å². The first-order valence-corrected chi connectivity index (χ1v) is 12.7. The van der Waals surface area contributed by atoms with E-state index in [1.807, 2.05) is 31.2 Å². The van der Waals surface area contributed by atoms with E-state index in [2.05, 4.69) is 10.3 Å². The molecular weight excluding hydrogens is 499 g/mol. The molecule has 2 amide bonds. The van der Waals surface area contributed by atoms with Gasteiger partial charge in [0.2, 0.25) is 5.91 Å². The van der Waals surface area contributed by atoms with Gasteiger partial charge in [0, 0.05) is 23.6 Å². The number of benzene rings is 3. The summed E-state index contributed by atoms with van der Waals surface area (Å²) in [6, 6.07) is 20.9. The van der Waals surface area contributed by atoms with Gasteiger partial charge in [0.05, 0.1) is 11.8 Å². The number of anilines is 1. The van der Waals surface area contributed by atoms with Gasteiger partial charge in [-0.25, -0.2) is 9.40 Å². The molecule has 182 valence electrons. The van der Waals surface area contributed by atoms with Crippen LogP contribution >= 0.6 is 23.4 Å². The molecule has 0 saturated carbocycles. The van der Waals surface area contributed by atoms with Crippen LogP contribution in [0.3, 0.4) is 0 Å². The van der Waals surface area contributed by atoms with E-state index >= 15 is 0 Å². The van der Waals surface area contributed by atoms with Gasteiger partial charge in [0.25, 0.3) is 5.91 Å². The number of aliphatic imine (C=N–C) groups is 1. The summed E-state index contributed by atoms with van der Waals surface area (Å²) in [6.45, 7) is 2.02. The third-order valence-electron chi connectivity index (χ3n) is 5.95. The third kappa shape index (κ3) is 5.34. The first-order chi connectivity index (χ1) is 17.4. The Balaban J connectivity index is 1.35. The van der Waals surface area contributed by atoms with Crippen molar-refractivity contribution in [2.75, 3.05) is 5.32 Å². The zero-order valence-corrected chi connectivity index (χ0v) is 20.9. The van der Waals surface area contributed by atoms with E-state index in [4.69, 9.17) is 16.7 Å². The van der Waals surface area contributed by atoms with Crippen LogP contribution in [-0.2, 0) is 9.59 Å². The normalized spacial score (nSPS) is 19.3. The predicted octanol–water partition coefficient (Wildman–Crippen LogP) is 5.97. The molecule has 3 aromatic rings. The lowest BCUT2D eigenvalue weighted by Gasteiger charge is -2.23. The number of carbonyl (C=O) groups excluding carboxylic acids is 2. The largest absolute Gasteiger partial charge is 0.326 e. The second-order valence-corrected chi connectivity index (χ2v) is 10.2. The highest BCUT2D eigenvalue weighted by Crippen LogP contribution is 2.38. The molecular formula is C27H22ClFN4O2S. The molecule has 2 heterocycles. The molecule has 3 aromatic carbocycles. The Morgan fingerprint density at radius 3 is 2.61 bits per heavy atom. The summed E-state index contributed by atoms with van der Waals surface area (Å²) in [4.78, 5) is 29.6. The van der Waals surface area contributed by atoms with Crippen LogP contribution in [0.15, 0.2) is 82.9 Å². The van der Waals surface area contributed by atoms with Crippen LogP contribution < -0.4 is 5.32 Å². The molecule has 2 aliphatic heterocycles. The fourth-order valence-corrected chi connectivity index (χ4v) is 5.35. The topological polar surface area (TPSA) is 74.1 Å². The predicted molar refractivity (Wildman–Crippen MR) is 142 cm³/mol. The van der Waals surface area contributed by atoms with Gasteiger partial charge in [-0.3, -0.25) is 9.59 Å². The molecule has 0 unspecified atom stereocenters. The molecule has 0 bridgehead atoms. The number of carbonyl (C=O) groups is 2. The van der Waals surface area contributed by atoms with E-state index in [1.54, 1.807) is 41.4 Å². The maximum Gasteiger partial charge on any atom is 0.262 e. The third-order valence-corrected chi connectivity index (χ3v) is 7.33. The Morgan fingerprint density at radius 1 is 1.14 bits per heavy atom. The number of aryl methyl sites for hydroxylation is 1. The molecule has 0 aliphatic carbocycles. The number of hydrogen-bond donors (Lipinski definition) is 1. The minimum absolute atomic E-state index is 0.0351. The van der Waals surface area contributed by atoms with Crippen molar-refractivity contribution in [3.8, 4) is 0 Å². The summed E-state index contributed by atoms with van der Waals surface area (Å²) in [5.41, 5.74) is 4.39. The molecule has 36 heavy (non-hydrogen) atoms. The van der Waals surface area contributed by atoms with Crippen LogP contribution in [0.1, 0.15) is 35.6 Å². The molecule has 6 nitrogen and oxygen atoms in total. The highest BCUT2D eigenvalue weighted by atomic mass is 35.5. The number of rotatable bonds is 5. The summed E-state index contributed by atoms with van der Waals surface area (Å²) < 4.78 is 13.6. The minimum Gasteiger partial charge on any atom is -0.326 e. The quantitative estimate of drug-likeness (QED) is 0.450. The number of halogens is 2. The van der Waals surface area contributed by atoms with Crippen LogP contribution in [0.25, 0.3) is 0 Å². The number of amides is 2. The lowest BCUT2D eigenvalue weighted by molar-refractivity contribution is -0.121. The van der Waals surface area contributed by atoms with Crippen LogP contribution in [0.4, 0.5) is 10.1 Å². The molecule has 0 saturated heterocycles. The zero-order chi connectivity index (χ0) is 25.2. The first-order valence-electron chi connectivity index (χ1n) is 11.4. The summed E-state index contributed by atoms with van der Waals surface area (Å²) >= 11 is 7.20. The van der Waals surface area contributed by atoms with Gasteiger partial charge in [-0.05, 0) is 48.4 Å². The maximum absolute atomic E-state index is 13.6. The van der Waals surface area contributed by atoms with E-state index < -0.39 is 5.25 Å². The Hall–Kier alpha value is -3.49. The maximum atomic E-state index is 13.6. The highest BCUT2D eigenvalue weighted by molar-refractivity contribution is 8.15. The van der Waals surface area contributed by atoms with Gasteiger partial charge in [-0.1, -0.05) is 71.4 Å². The van der Waals surface area contributed by atoms with Gasteiger partial charge >= 0.3 is 0 Å². The highest BCUT2D eigenvalue weighted by Gasteiger charge is 2.39. The first kappa shape index (κ1) is 24.2. The van der Waals surface area contributed by atoms with Crippen molar-refractivity contribution < 1.29 is 14.0 Å². The standard InChI is InChI=1S/C27H22ClFN4O2S/c1-16-5-7-17(8-6-16)22-14-23(18-9-11-20(29)12-10-18)33(32-22)27-31-26(35)24(36-27)15-25(34)30-21-4-2-3-19(28)13-21/h2-13,23-24H,14-15H2,1H3,(H,30,34)/t23-,24+/m0/s1. The van der Waals surface area contributed by atoms with Gasteiger partial charge in [-0.2, -0.15) is 10.1 Å². The van der Waals surface area contributed by atoms with Crippen molar-refractivity contribution in [2.24, 2.45) is 10.1 Å². The van der Waals surface area contributed by atoms with E-state index in [9.17, 15) is 14.0 Å². The molecule has 1 N–H and O–H groups in total. The summed E-state index contributed by atoms with van der Waals surface area (Å²) in [5, 5.41) is 9.58. The molecule has 0 radical (unpaired) electrons. The second kappa shape index (κ2) is 10.2. The van der Waals surface area contributed by atoms with Crippen molar-refractivity contribution in [1.82, 2.24) is 5.01 Å². The Morgan fingerprint density at radius 2 is 1.89 bits per heavy atom. The van der Waals surface area contributed by atoms with Crippen LogP contribution in [0, 0.1) is 12.7 Å². The lowest BCUT2D eigenvalue weighted by Crippen LogP contribution is -2.25. The minimum atomic E-state index is -0.660. The van der Waals surface area contributed by atoms with E-state index in [-0.39, 0.29) is 30.1 Å². The molecule has 2 atom stereocenters. The summed E-state index contributed by atoms with van der Waals surface area (Å²) in [7, 11) is 0. The lowest BCUT2D eigenvalue weighted by atomic mass is 9.98. The van der Waals surface area contributed by atoms with Crippen LogP contribution in [0.5, 0.6) is 0 Å². The summed E-state index contributed by atoms with van der Waals surface area (Å²) in [5.74, 6) is -1.01. The van der Waals surface area contributed by atoms with Gasteiger partial charge in [-0.15, -0.1) is 0 Å². The fourth-order valence-electron chi connectivity index (χ4n) is 4.10. The van der Waals surface area contributed by atoms with E-state index in [0.29, 0.717) is 22.3 Å². The van der Waals surface area contributed by atoms with Crippen molar-refractivity contribution in [3.63, 3.8) is 0 Å². The number of amidine groups is 1. The monoisotopic (exact) mass is 520 g/mol. The fraction of sp³-hybridized carbons (Fsp3) is 0.185. The van der Waals surface area contributed by atoms with E-state index in [0.717, 1.165) is 22.4 Å². The molecule has 5 rings (SSSR count). The average molecular weight is 521 g/mol. The second-order valence-electron chi connectivity index (χ2n) is 8.63. The van der Waals surface area contributed by atoms with Crippen molar-refractivity contribution in [2.45, 2.75) is 31.1 Å². The molecule has 9 heteroatoms. The summed E-state index contributed by atoms with van der Waals surface area (Å²) in [6.07, 6.45) is 0.537.